The highest BCUT2D eigenvalue weighted by molar-refractivity contribution is 5.99. The van der Waals surface area contributed by atoms with Crippen molar-refractivity contribution in [2.24, 2.45) is 0 Å². The molecule has 45 heavy (non-hydrogen) atoms. The Morgan fingerprint density at radius 3 is 2.62 bits per heavy atom. The molecule has 1 aliphatic rings. The Balaban J connectivity index is 1.36. The molecule has 0 fully saturated rings. The highest BCUT2D eigenvalue weighted by Gasteiger charge is 2.15. The van der Waals surface area contributed by atoms with Gasteiger partial charge in [0.15, 0.2) is 0 Å². The van der Waals surface area contributed by atoms with Crippen molar-refractivity contribution in [2.45, 2.75) is 12.8 Å². The number of H-pyrrole nitrogens is 2. The highest BCUT2D eigenvalue weighted by Crippen LogP contribution is 2.33. The number of benzene rings is 2. The standard InChI is InChI=1S/C36H40FN7O/c1-43(2)13-12-39-28-17-25(16-27(37)20-28)30-9-7-11-33-31(30)21-35(40-33)36-32-19-24(8-5-6-10-34(32)41-42-36)26-18-29(23-38-22-26)45-15-14-44(3)4/h7-11,16-23,39-41H,5-6,12-15H2,1-4H3/b24-8?,32-19+,34-10-. The number of pyridine rings is 1. The van der Waals surface area contributed by atoms with E-state index in [0.29, 0.717) is 6.61 Å². The first-order chi connectivity index (χ1) is 21.8. The van der Waals surface area contributed by atoms with Gasteiger partial charge >= 0.3 is 0 Å². The number of aromatic amines is 2. The predicted molar refractivity (Wildman–Crippen MR) is 182 cm³/mol. The van der Waals surface area contributed by atoms with Gasteiger partial charge < -0.3 is 24.8 Å². The van der Waals surface area contributed by atoms with Gasteiger partial charge in [-0.3, -0.25) is 10.1 Å². The molecule has 1 aliphatic carbocycles. The van der Waals surface area contributed by atoms with Crippen molar-refractivity contribution < 1.29 is 9.13 Å². The van der Waals surface area contributed by atoms with Crippen molar-refractivity contribution in [1.82, 2.24) is 30.0 Å². The van der Waals surface area contributed by atoms with Gasteiger partial charge in [0, 0.05) is 53.2 Å². The van der Waals surface area contributed by atoms with Gasteiger partial charge in [0.1, 0.15) is 23.9 Å². The molecule has 0 spiro atoms. The summed E-state index contributed by atoms with van der Waals surface area (Å²) >= 11 is 0. The molecule has 0 amide bonds. The summed E-state index contributed by atoms with van der Waals surface area (Å²) in [4.78, 5) is 12.2. The number of allylic oxidation sites excluding steroid dienone is 2. The largest absolute Gasteiger partial charge is 0.491 e. The maximum atomic E-state index is 14.8. The molecule has 0 saturated carbocycles. The quantitative estimate of drug-likeness (QED) is 0.194. The van der Waals surface area contributed by atoms with Gasteiger partial charge in [-0.05, 0) is 100 Å². The smallest absolute Gasteiger partial charge is 0.138 e. The van der Waals surface area contributed by atoms with E-state index in [4.69, 9.17) is 9.84 Å². The Labute approximate surface area is 262 Å². The molecule has 0 radical (unpaired) electrons. The molecular formula is C36H40FN7O. The average Bonchev–Trinajstić information content (AvgIpc) is 3.60. The second-order valence-corrected chi connectivity index (χ2v) is 12.0. The first-order valence-corrected chi connectivity index (χ1v) is 15.3. The third-order valence-corrected chi connectivity index (χ3v) is 7.88. The minimum Gasteiger partial charge on any atom is -0.491 e. The minimum absolute atomic E-state index is 0.271. The van der Waals surface area contributed by atoms with Gasteiger partial charge in [-0.25, -0.2) is 4.39 Å². The lowest BCUT2D eigenvalue weighted by molar-refractivity contribution is 0.260. The number of fused-ring (bicyclic) bond motifs is 2. The fraction of sp³-hybridized carbons (Fsp3) is 0.278. The number of anilines is 1. The number of nitrogens with one attached hydrogen (secondary N) is 3. The van der Waals surface area contributed by atoms with Crippen LogP contribution in [0.2, 0.25) is 0 Å². The second kappa shape index (κ2) is 13.5. The van der Waals surface area contributed by atoms with Crippen LogP contribution < -0.4 is 20.6 Å². The Morgan fingerprint density at radius 2 is 1.78 bits per heavy atom. The lowest BCUT2D eigenvalue weighted by Gasteiger charge is -2.13. The lowest BCUT2D eigenvalue weighted by Crippen LogP contribution is -2.24. The molecule has 0 aliphatic heterocycles. The van der Waals surface area contributed by atoms with Crippen LogP contribution in [0.4, 0.5) is 10.1 Å². The molecule has 2 aromatic carbocycles. The molecule has 8 nitrogen and oxygen atoms in total. The van der Waals surface area contributed by atoms with Crippen molar-refractivity contribution in [3.05, 3.63) is 88.9 Å². The normalized spacial score (nSPS) is 14.7. The molecule has 5 aromatic rings. The molecular weight excluding hydrogens is 565 g/mol. The van der Waals surface area contributed by atoms with Gasteiger partial charge in [-0.15, -0.1) is 0 Å². The van der Waals surface area contributed by atoms with E-state index in [2.05, 4.69) is 54.5 Å². The number of ether oxygens (including phenoxy) is 1. The van der Waals surface area contributed by atoms with Gasteiger partial charge in [-0.2, -0.15) is 5.10 Å². The first kappa shape index (κ1) is 30.3. The second-order valence-electron chi connectivity index (χ2n) is 12.0. The van der Waals surface area contributed by atoms with Crippen molar-refractivity contribution in [3.63, 3.8) is 0 Å². The van der Waals surface area contributed by atoms with Crippen LogP contribution in [-0.4, -0.2) is 84.4 Å². The van der Waals surface area contributed by atoms with E-state index < -0.39 is 0 Å². The Hall–Kier alpha value is -4.73. The van der Waals surface area contributed by atoms with E-state index in [9.17, 15) is 4.39 Å². The summed E-state index contributed by atoms with van der Waals surface area (Å²) in [5.74, 6) is 0.480. The van der Waals surface area contributed by atoms with Gasteiger partial charge in [0.05, 0.1) is 17.2 Å². The summed E-state index contributed by atoms with van der Waals surface area (Å²) in [5.41, 5.74) is 7.29. The van der Waals surface area contributed by atoms with E-state index in [1.54, 1.807) is 18.3 Å². The van der Waals surface area contributed by atoms with Crippen LogP contribution >= 0.6 is 0 Å². The zero-order valence-corrected chi connectivity index (χ0v) is 26.3. The van der Waals surface area contributed by atoms with E-state index in [0.717, 1.165) is 99.0 Å². The van der Waals surface area contributed by atoms with Gasteiger partial charge in [-0.1, -0.05) is 24.3 Å². The Kier molecular flexibility index (Phi) is 9.09. The Bertz CT molecular complexity index is 1950. The van der Waals surface area contributed by atoms with Crippen LogP contribution in [0.1, 0.15) is 18.4 Å². The van der Waals surface area contributed by atoms with Crippen molar-refractivity contribution in [3.8, 4) is 28.3 Å². The van der Waals surface area contributed by atoms with Crippen LogP contribution in [0.3, 0.4) is 0 Å². The maximum Gasteiger partial charge on any atom is 0.138 e. The Morgan fingerprint density at radius 1 is 0.933 bits per heavy atom. The number of hydrogen-bond acceptors (Lipinski definition) is 6. The van der Waals surface area contributed by atoms with Crippen molar-refractivity contribution in [1.29, 1.82) is 0 Å². The van der Waals surface area contributed by atoms with E-state index in [1.807, 2.05) is 64.7 Å². The fourth-order valence-electron chi connectivity index (χ4n) is 5.56. The fourth-order valence-corrected chi connectivity index (χ4v) is 5.56. The van der Waals surface area contributed by atoms with E-state index >= 15 is 0 Å². The van der Waals surface area contributed by atoms with E-state index in [-0.39, 0.29) is 5.82 Å². The third kappa shape index (κ3) is 7.16. The maximum absolute atomic E-state index is 14.8. The summed E-state index contributed by atoms with van der Waals surface area (Å²) in [6.07, 6.45) is 12.0. The highest BCUT2D eigenvalue weighted by atomic mass is 19.1. The van der Waals surface area contributed by atoms with E-state index in [1.165, 1.54) is 0 Å². The van der Waals surface area contributed by atoms with Crippen LogP contribution in [0.25, 0.3) is 51.1 Å². The van der Waals surface area contributed by atoms with Gasteiger partial charge in [0.25, 0.3) is 0 Å². The first-order valence-electron chi connectivity index (χ1n) is 15.3. The summed E-state index contributed by atoms with van der Waals surface area (Å²) in [7, 11) is 8.10. The number of rotatable bonds is 11. The molecule has 9 heteroatoms. The molecule has 0 atom stereocenters. The summed E-state index contributed by atoms with van der Waals surface area (Å²) in [6.45, 7) is 3.01. The molecule has 3 heterocycles. The predicted octanol–water partition coefficient (Wildman–Crippen LogP) is 5.11. The minimum atomic E-state index is -0.271. The molecule has 0 unspecified atom stereocenters. The molecule has 3 N–H and O–H groups in total. The summed E-state index contributed by atoms with van der Waals surface area (Å²) in [5, 5.41) is 14.4. The third-order valence-electron chi connectivity index (χ3n) is 7.88. The van der Waals surface area contributed by atoms with Crippen molar-refractivity contribution >= 4 is 34.3 Å². The molecule has 6 rings (SSSR count). The van der Waals surface area contributed by atoms with Crippen LogP contribution in [0.15, 0.2) is 67.0 Å². The van der Waals surface area contributed by atoms with Crippen molar-refractivity contribution in [2.75, 3.05) is 59.7 Å². The number of hydrogen-bond donors (Lipinski definition) is 3. The van der Waals surface area contributed by atoms with Crippen LogP contribution in [0, 0.1) is 5.82 Å². The van der Waals surface area contributed by atoms with Crippen LogP contribution in [-0.2, 0) is 0 Å². The zero-order chi connectivity index (χ0) is 31.3. The monoisotopic (exact) mass is 605 g/mol. The molecule has 232 valence electrons. The summed E-state index contributed by atoms with van der Waals surface area (Å²) in [6, 6.07) is 15.4. The van der Waals surface area contributed by atoms with Gasteiger partial charge in [0.2, 0.25) is 0 Å². The summed E-state index contributed by atoms with van der Waals surface area (Å²) < 4.78 is 20.8. The number of halogens is 1. The molecule has 0 saturated heterocycles. The number of aromatic nitrogens is 4. The number of nitrogens with zero attached hydrogens (tertiary/aromatic N) is 4. The topological polar surface area (TPSA) is 85.1 Å². The molecule has 0 bridgehead atoms. The zero-order valence-electron chi connectivity index (χ0n) is 26.3. The SMILES string of the molecule is CN(C)CCNc1cc(F)cc(-c2cccc3[nH]c(-c4n[nH]c5/c4=C\C(c4cncc(OCCN(C)C)c4)=CCC/C=5)cc23)c1. The van der Waals surface area contributed by atoms with Crippen LogP contribution in [0.5, 0.6) is 5.75 Å². The number of likely N-dealkylation sites (N-methyl/N-ethyl adjacent to an activating group) is 2. The average molecular weight is 606 g/mol. The molecule has 3 aromatic heterocycles. The lowest BCUT2D eigenvalue weighted by atomic mass is 10.00.